The minimum absolute atomic E-state index is 0.340. The molecule has 0 aliphatic rings. The number of rotatable bonds is 2. The summed E-state index contributed by atoms with van der Waals surface area (Å²) in [6, 6.07) is 23.9. The van der Waals surface area contributed by atoms with Crippen molar-refractivity contribution in [3.8, 4) is 0 Å². The van der Waals surface area contributed by atoms with Crippen LogP contribution in [-0.4, -0.2) is 26.2 Å². The maximum atomic E-state index is 11.9. The monoisotopic (exact) mass is 394 g/mol. The molecule has 0 aliphatic heterocycles. The molecule has 146 valence electrons. The van der Waals surface area contributed by atoms with Crippen LogP contribution in [0.25, 0.3) is 43.1 Å². The Morgan fingerprint density at radius 2 is 0.767 bits per heavy atom. The maximum absolute atomic E-state index is 11.9. The summed E-state index contributed by atoms with van der Waals surface area (Å²) in [6.45, 7) is 0. The van der Waals surface area contributed by atoms with Crippen molar-refractivity contribution in [1.29, 1.82) is 0 Å². The Morgan fingerprint density at radius 1 is 0.467 bits per heavy atom. The molecule has 0 atom stereocenters. The quantitative estimate of drug-likeness (QED) is 0.277. The van der Waals surface area contributed by atoms with E-state index in [1.165, 1.54) is 14.2 Å². The lowest BCUT2D eigenvalue weighted by Crippen LogP contribution is -2.00. The van der Waals surface area contributed by atoms with Gasteiger partial charge in [0.25, 0.3) is 0 Å². The smallest absolute Gasteiger partial charge is 0.337 e. The van der Waals surface area contributed by atoms with Crippen LogP contribution in [0.3, 0.4) is 0 Å². The fraction of sp³-hybridized carbons (Fsp3) is 0.0769. The number of benzene rings is 5. The Labute approximate surface area is 172 Å². The van der Waals surface area contributed by atoms with E-state index < -0.39 is 0 Å². The van der Waals surface area contributed by atoms with Gasteiger partial charge in [0.1, 0.15) is 0 Å². The Morgan fingerprint density at radius 3 is 1.10 bits per heavy atom. The SMILES string of the molecule is COC(=O)c1ccc2cc3cc4cc5cc(C(=O)OC)ccc5cc4cc3cc2c1. The Balaban J connectivity index is 1.71. The van der Waals surface area contributed by atoms with Gasteiger partial charge in [0.05, 0.1) is 25.3 Å². The zero-order valence-corrected chi connectivity index (χ0v) is 16.6. The highest BCUT2D eigenvalue weighted by atomic mass is 16.5. The Kier molecular flexibility index (Phi) is 4.14. The molecular formula is C26H18O4. The molecule has 0 bridgehead atoms. The van der Waals surface area contributed by atoms with E-state index >= 15 is 0 Å². The van der Waals surface area contributed by atoms with Crippen LogP contribution < -0.4 is 0 Å². The summed E-state index contributed by atoms with van der Waals surface area (Å²) >= 11 is 0. The van der Waals surface area contributed by atoms with E-state index in [1.807, 2.05) is 24.3 Å². The topological polar surface area (TPSA) is 52.6 Å². The first-order valence-electron chi connectivity index (χ1n) is 9.57. The van der Waals surface area contributed by atoms with Gasteiger partial charge in [-0.15, -0.1) is 0 Å². The third kappa shape index (κ3) is 2.94. The summed E-state index contributed by atoms with van der Waals surface area (Å²) < 4.78 is 9.67. The lowest BCUT2D eigenvalue weighted by atomic mass is 9.96. The lowest BCUT2D eigenvalue weighted by molar-refractivity contribution is 0.0592. The van der Waals surface area contributed by atoms with Gasteiger partial charge in [-0.05, 0) is 104 Å². The van der Waals surface area contributed by atoms with Crippen LogP contribution in [0, 0.1) is 0 Å². The molecule has 0 unspecified atom stereocenters. The molecule has 0 saturated carbocycles. The average molecular weight is 394 g/mol. The van der Waals surface area contributed by atoms with Crippen LogP contribution in [0.15, 0.2) is 72.8 Å². The standard InChI is InChI=1S/C26H18O4/c1-29-25(27)17-5-3-15-7-21-14-24-12-20-10-18(26(28)30-2)6-4-16(20)8-22(24)13-23(21)11-19(15)9-17/h3-14H,1-2H3. The number of hydrogen-bond acceptors (Lipinski definition) is 4. The molecule has 0 aromatic heterocycles. The van der Waals surface area contributed by atoms with Crippen LogP contribution in [0.4, 0.5) is 0 Å². The predicted molar refractivity (Wildman–Crippen MR) is 119 cm³/mol. The minimum atomic E-state index is -0.340. The number of hydrogen-bond donors (Lipinski definition) is 0. The zero-order chi connectivity index (χ0) is 20.8. The molecule has 4 nitrogen and oxygen atoms in total. The fourth-order valence-electron chi connectivity index (χ4n) is 3.99. The van der Waals surface area contributed by atoms with Crippen molar-refractivity contribution in [3.05, 3.63) is 83.9 Å². The Hall–Kier alpha value is -3.92. The summed E-state index contributed by atoms with van der Waals surface area (Å²) in [6.07, 6.45) is 0. The van der Waals surface area contributed by atoms with Crippen molar-refractivity contribution < 1.29 is 19.1 Å². The molecule has 5 aromatic carbocycles. The maximum Gasteiger partial charge on any atom is 0.337 e. The highest BCUT2D eigenvalue weighted by Crippen LogP contribution is 2.31. The van der Waals surface area contributed by atoms with E-state index in [0.29, 0.717) is 11.1 Å². The molecular weight excluding hydrogens is 376 g/mol. The summed E-state index contributed by atoms with van der Waals surface area (Å²) in [5.41, 5.74) is 1.08. The second-order valence-corrected chi connectivity index (χ2v) is 7.36. The van der Waals surface area contributed by atoms with E-state index in [1.54, 1.807) is 12.1 Å². The van der Waals surface area contributed by atoms with Crippen molar-refractivity contribution in [2.24, 2.45) is 0 Å². The number of fused-ring (bicyclic) bond motifs is 4. The molecule has 0 saturated heterocycles. The van der Waals surface area contributed by atoms with Crippen molar-refractivity contribution in [1.82, 2.24) is 0 Å². The van der Waals surface area contributed by atoms with Crippen molar-refractivity contribution >= 4 is 55.0 Å². The van der Waals surface area contributed by atoms with Crippen LogP contribution in [0.1, 0.15) is 20.7 Å². The van der Waals surface area contributed by atoms with Crippen LogP contribution in [0.5, 0.6) is 0 Å². The van der Waals surface area contributed by atoms with E-state index in [2.05, 4.69) is 36.4 Å². The minimum Gasteiger partial charge on any atom is -0.465 e. The van der Waals surface area contributed by atoms with Crippen LogP contribution >= 0.6 is 0 Å². The molecule has 5 rings (SSSR count). The number of carbonyl (C=O) groups excluding carboxylic acids is 2. The van der Waals surface area contributed by atoms with E-state index in [-0.39, 0.29) is 11.9 Å². The normalized spacial score (nSPS) is 11.3. The van der Waals surface area contributed by atoms with Gasteiger partial charge >= 0.3 is 11.9 Å². The largest absolute Gasteiger partial charge is 0.465 e. The van der Waals surface area contributed by atoms with Gasteiger partial charge in [0.15, 0.2) is 0 Å². The van der Waals surface area contributed by atoms with E-state index in [4.69, 9.17) is 9.47 Å². The average Bonchev–Trinajstić information content (AvgIpc) is 2.78. The van der Waals surface area contributed by atoms with Crippen molar-refractivity contribution in [3.63, 3.8) is 0 Å². The van der Waals surface area contributed by atoms with Crippen LogP contribution in [0.2, 0.25) is 0 Å². The number of ether oxygens (including phenoxy) is 2. The molecule has 0 fully saturated rings. The third-order valence-corrected chi connectivity index (χ3v) is 5.55. The first-order valence-corrected chi connectivity index (χ1v) is 9.57. The molecule has 0 aliphatic carbocycles. The highest BCUT2D eigenvalue weighted by molar-refractivity contribution is 6.09. The van der Waals surface area contributed by atoms with Gasteiger partial charge in [-0.1, -0.05) is 12.1 Å². The highest BCUT2D eigenvalue weighted by Gasteiger charge is 2.09. The molecule has 0 amide bonds. The van der Waals surface area contributed by atoms with Gasteiger partial charge < -0.3 is 9.47 Å². The second-order valence-electron chi connectivity index (χ2n) is 7.36. The number of esters is 2. The summed E-state index contributed by atoms with van der Waals surface area (Å²) in [4.78, 5) is 23.7. The van der Waals surface area contributed by atoms with Crippen LogP contribution in [-0.2, 0) is 9.47 Å². The van der Waals surface area contributed by atoms with E-state index in [0.717, 1.165) is 43.1 Å². The second kappa shape index (κ2) is 6.85. The Bertz CT molecular complexity index is 1380. The molecule has 4 heteroatoms. The first-order chi connectivity index (χ1) is 14.6. The molecule has 30 heavy (non-hydrogen) atoms. The van der Waals surface area contributed by atoms with Gasteiger partial charge in [-0.2, -0.15) is 0 Å². The van der Waals surface area contributed by atoms with Gasteiger partial charge in [-0.3, -0.25) is 0 Å². The predicted octanol–water partition coefficient (Wildman–Crippen LogP) is 5.87. The van der Waals surface area contributed by atoms with Crippen molar-refractivity contribution in [2.75, 3.05) is 14.2 Å². The van der Waals surface area contributed by atoms with Crippen molar-refractivity contribution in [2.45, 2.75) is 0 Å². The summed E-state index contributed by atoms with van der Waals surface area (Å²) in [5, 5.41) is 8.53. The number of carbonyl (C=O) groups is 2. The summed E-state index contributed by atoms with van der Waals surface area (Å²) in [5.74, 6) is -0.679. The molecule has 5 aromatic rings. The van der Waals surface area contributed by atoms with Gasteiger partial charge in [0, 0.05) is 0 Å². The van der Waals surface area contributed by atoms with Gasteiger partial charge in [0.2, 0.25) is 0 Å². The molecule has 0 heterocycles. The fourth-order valence-corrected chi connectivity index (χ4v) is 3.99. The third-order valence-electron chi connectivity index (χ3n) is 5.55. The zero-order valence-electron chi connectivity index (χ0n) is 16.6. The first kappa shape index (κ1) is 18.1. The van der Waals surface area contributed by atoms with Gasteiger partial charge in [-0.25, -0.2) is 9.59 Å². The molecule has 0 radical (unpaired) electrons. The van der Waals surface area contributed by atoms with E-state index in [9.17, 15) is 9.59 Å². The molecule has 0 N–H and O–H groups in total. The number of methoxy groups -OCH3 is 2. The summed E-state index contributed by atoms with van der Waals surface area (Å²) in [7, 11) is 2.77. The molecule has 0 spiro atoms. The lowest BCUT2D eigenvalue weighted by Gasteiger charge is -2.09.